The minimum atomic E-state index is -4.01. The van der Waals surface area contributed by atoms with Gasteiger partial charge in [-0.15, -0.1) is 5.10 Å². The molecule has 0 bridgehead atoms. The Morgan fingerprint density at radius 3 is 2.91 bits per heavy atom. The minimum Gasteiger partial charge on any atom is -0.380 e. The minimum absolute atomic E-state index is 0.184. The van der Waals surface area contributed by atoms with Gasteiger partial charge in [-0.3, -0.25) is 4.72 Å². The number of rotatable bonds is 5. The molecular weight excluding hydrogens is 342 g/mol. The lowest BCUT2D eigenvalue weighted by Crippen LogP contribution is -2.16. The van der Waals surface area contributed by atoms with Crippen LogP contribution in [-0.4, -0.2) is 35.1 Å². The van der Waals surface area contributed by atoms with Gasteiger partial charge in [0.25, 0.3) is 21.0 Å². The number of hydrogen-bond acceptors (Lipinski definition) is 6. The quantitative estimate of drug-likeness (QED) is 0.750. The lowest BCUT2D eigenvalue weighted by Gasteiger charge is -2.12. The molecule has 0 saturated carbocycles. The van der Waals surface area contributed by atoms with E-state index < -0.39 is 10.0 Å². The first kappa shape index (κ1) is 15.7. The van der Waals surface area contributed by atoms with E-state index in [1.807, 2.05) is 0 Å². The van der Waals surface area contributed by atoms with Gasteiger partial charge >= 0.3 is 0 Å². The highest BCUT2D eigenvalue weighted by Gasteiger charge is 2.23. The van der Waals surface area contributed by atoms with Crippen molar-refractivity contribution in [2.45, 2.75) is 11.8 Å². The number of hydrogen-bond donors (Lipinski definition) is 1. The molecule has 0 spiro atoms. The van der Waals surface area contributed by atoms with Crippen molar-refractivity contribution in [1.29, 1.82) is 0 Å². The van der Waals surface area contributed by atoms with E-state index in [-0.39, 0.29) is 28.3 Å². The van der Waals surface area contributed by atoms with Gasteiger partial charge in [0.15, 0.2) is 0 Å². The average Bonchev–Trinajstić information content (AvgIpc) is 2.96. The number of para-hydroxylation sites is 1. The maximum Gasteiger partial charge on any atom is 0.299 e. The number of benzene rings is 1. The molecule has 2 heterocycles. The largest absolute Gasteiger partial charge is 0.380 e. The lowest BCUT2D eigenvalue weighted by atomic mass is 10.2. The molecule has 0 saturated heterocycles. The SMILES string of the molecule is COCc1cccc(Cl)c1NS(=O)(=O)c1nc2ncccn2n1. The van der Waals surface area contributed by atoms with Gasteiger partial charge < -0.3 is 4.74 Å². The molecule has 120 valence electrons. The Morgan fingerprint density at radius 2 is 2.17 bits per heavy atom. The molecule has 10 heteroatoms. The first-order chi connectivity index (χ1) is 11.0. The summed E-state index contributed by atoms with van der Waals surface area (Å²) in [6.07, 6.45) is 3.05. The Balaban J connectivity index is 2.01. The number of methoxy groups -OCH3 is 1. The maximum atomic E-state index is 12.5. The predicted octanol–water partition coefficient (Wildman–Crippen LogP) is 1.72. The number of aromatic nitrogens is 4. The van der Waals surface area contributed by atoms with E-state index in [1.165, 1.54) is 17.8 Å². The molecular formula is C13H12ClN5O3S. The molecule has 0 amide bonds. The molecule has 3 aromatic rings. The molecule has 0 aliphatic carbocycles. The van der Waals surface area contributed by atoms with Crippen LogP contribution in [0.5, 0.6) is 0 Å². The molecule has 3 rings (SSSR count). The molecule has 0 aliphatic rings. The van der Waals surface area contributed by atoms with Crippen molar-refractivity contribution >= 4 is 33.1 Å². The van der Waals surface area contributed by atoms with Crippen molar-refractivity contribution < 1.29 is 13.2 Å². The lowest BCUT2D eigenvalue weighted by molar-refractivity contribution is 0.185. The van der Waals surface area contributed by atoms with E-state index in [9.17, 15) is 8.42 Å². The van der Waals surface area contributed by atoms with Gasteiger partial charge in [0.05, 0.1) is 17.3 Å². The first-order valence-electron chi connectivity index (χ1n) is 6.48. The molecule has 0 atom stereocenters. The summed E-state index contributed by atoms with van der Waals surface area (Å²) in [4.78, 5) is 7.84. The van der Waals surface area contributed by atoms with Crippen molar-refractivity contribution in [2.75, 3.05) is 11.8 Å². The fourth-order valence-electron chi connectivity index (χ4n) is 1.97. The molecule has 0 unspecified atom stereocenters. The topological polar surface area (TPSA) is 98.5 Å². The summed E-state index contributed by atoms with van der Waals surface area (Å²) in [5, 5.41) is 3.77. The van der Waals surface area contributed by atoms with E-state index >= 15 is 0 Å². The van der Waals surface area contributed by atoms with Crippen LogP contribution in [0.1, 0.15) is 5.56 Å². The third kappa shape index (κ3) is 3.11. The van der Waals surface area contributed by atoms with Gasteiger partial charge in [-0.2, -0.15) is 13.4 Å². The van der Waals surface area contributed by atoms with Gasteiger partial charge in [-0.25, -0.2) is 9.50 Å². The summed E-state index contributed by atoms with van der Waals surface area (Å²) in [5.74, 6) is 0.184. The molecule has 1 N–H and O–H groups in total. The second kappa shape index (κ2) is 6.11. The normalized spacial score (nSPS) is 11.7. The predicted molar refractivity (Wildman–Crippen MR) is 83.8 cm³/mol. The third-order valence-corrected chi connectivity index (χ3v) is 4.42. The van der Waals surface area contributed by atoms with Crippen LogP contribution in [0.2, 0.25) is 5.02 Å². The molecule has 1 aromatic carbocycles. The highest BCUT2D eigenvalue weighted by atomic mass is 35.5. The van der Waals surface area contributed by atoms with Crippen LogP contribution >= 0.6 is 11.6 Å². The summed E-state index contributed by atoms with van der Waals surface area (Å²) in [5.41, 5.74) is 0.841. The van der Waals surface area contributed by atoms with Crippen LogP contribution in [0.3, 0.4) is 0 Å². The molecule has 8 nitrogen and oxygen atoms in total. The fraction of sp³-hybridized carbons (Fsp3) is 0.154. The van der Waals surface area contributed by atoms with Gasteiger partial charge in [0, 0.05) is 25.1 Å². The van der Waals surface area contributed by atoms with Crippen molar-refractivity contribution in [3.8, 4) is 0 Å². The van der Waals surface area contributed by atoms with Crippen LogP contribution in [0.15, 0.2) is 41.8 Å². The average molecular weight is 354 g/mol. The molecule has 23 heavy (non-hydrogen) atoms. The second-order valence-corrected chi connectivity index (χ2v) is 6.55. The molecule has 2 aromatic heterocycles. The Hall–Kier alpha value is -2.23. The Labute approximate surface area is 137 Å². The van der Waals surface area contributed by atoms with E-state index in [1.54, 1.807) is 30.5 Å². The van der Waals surface area contributed by atoms with Crippen molar-refractivity contribution in [1.82, 2.24) is 19.6 Å². The fourth-order valence-corrected chi connectivity index (χ4v) is 3.26. The number of sulfonamides is 1. The Bertz CT molecular complexity index is 924. The zero-order valence-electron chi connectivity index (χ0n) is 12.0. The standard InChI is InChI=1S/C13H12ClN5O3S/c1-22-8-9-4-2-5-10(14)11(9)18-23(20,21)13-16-12-15-6-3-7-19(12)17-13/h2-7,18H,8H2,1H3. The smallest absolute Gasteiger partial charge is 0.299 e. The number of nitrogens with zero attached hydrogens (tertiary/aromatic N) is 4. The molecule has 0 radical (unpaired) electrons. The maximum absolute atomic E-state index is 12.5. The number of nitrogens with one attached hydrogen (secondary N) is 1. The van der Waals surface area contributed by atoms with Gasteiger partial charge in [-0.1, -0.05) is 23.7 Å². The van der Waals surface area contributed by atoms with Crippen LogP contribution in [0.4, 0.5) is 5.69 Å². The van der Waals surface area contributed by atoms with Gasteiger partial charge in [0.2, 0.25) is 0 Å². The zero-order valence-corrected chi connectivity index (χ0v) is 13.5. The number of ether oxygens (including phenoxy) is 1. The first-order valence-corrected chi connectivity index (χ1v) is 8.34. The van der Waals surface area contributed by atoms with Gasteiger partial charge in [0.1, 0.15) is 0 Å². The van der Waals surface area contributed by atoms with Crippen LogP contribution < -0.4 is 4.72 Å². The number of anilines is 1. The molecule has 0 aliphatic heterocycles. The van der Waals surface area contributed by atoms with Crippen molar-refractivity contribution in [2.24, 2.45) is 0 Å². The van der Waals surface area contributed by atoms with Crippen molar-refractivity contribution in [3.05, 3.63) is 47.2 Å². The van der Waals surface area contributed by atoms with Gasteiger partial charge in [-0.05, 0) is 12.1 Å². The summed E-state index contributed by atoms with van der Waals surface area (Å²) >= 11 is 6.10. The summed E-state index contributed by atoms with van der Waals surface area (Å²) in [6, 6.07) is 6.63. The van der Waals surface area contributed by atoms with Crippen molar-refractivity contribution in [3.63, 3.8) is 0 Å². The summed E-state index contributed by atoms with van der Waals surface area (Å²) in [7, 11) is -2.50. The third-order valence-electron chi connectivity index (χ3n) is 2.97. The summed E-state index contributed by atoms with van der Waals surface area (Å²) in [6.45, 7) is 0.207. The van der Waals surface area contributed by atoms with E-state index in [4.69, 9.17) is 16.3 Å². The Morgan fingerprint density at radius 1 is 1.35 bits per heavy atom. The Kier molecular flexibility index (Phi) is 4.16. The number of fused-ring (bicyclic) bond motifs is 1. The van der Waals surface area contributed by atoms with Crippen LogP contribution in [-0.2, 0) is 21.4 Å². The zero-order chi connectivity index (χ0) is 16.4. The van der Waals surface area contributed by atoms with Crippen LogP contribution in [0.25, 0.3) is 5.78 Å². The highest BCUT2D eigenvalue weighted by molar-refractivity contribution is 7.92. The molecule has 0 fully saturated rings. The summed E-state index contributed by atoms with van der Waals surface area (Å²) < 4.78 is 33.7. The van der Waals surface area contributed by atoms with Crippen LogP contribution in [0, 0.1) is 0 Å². The number of halogens is 1. The van der Waals surface area contributed by atoms with E-state index in [0.717, 1.165) is 0 Å². The second-order valence-electron chi connectivity index (χ2n) is 4.57. The van der Waals surface area contributed by atoms with E-state index in [2.05, 4.69) is 19.8 Å². The monoisotopic (exact) mass is 353 g/mol. The van der Waals surface area contributed by atoms with E-state index in [0.29, 0.717) is 5.56 Å². The highest BCUT2D eigenvalue weighted by Crippen LogP contribution is 2.28.